The SMILES string of the molecule is O=C(c1ccncc1F)N1CCCC12CCCN(CCc1ccccc1)C2=O. The first kappa shape index (κ1) is 18.6. The predicted molar refractivity (Wildman–Crippen MR) is 103 cm³/mol. The van der Waals surface area contributed by atoms with E-state index < -0.39 is 17.3 Å². The first-order valence-electron chi connectivity index (χ1n) is 9.87. The van der Waals surface area contributed by atoms with E-state index in [2.05, 4.69) is 17.1 Å². The molecule has 6 heteroatoms. The van der Waals surface area contributed by atoms with Crippen LogP contribution in [0.2, 0.25) is 0 Å². The highest BCUT2D eigenvalue weighted by atomic mass is 19.1. The molecule has 3 heterocycles. The second-order valence-corrected chi connectivity index (χ2v) is 7.58. The highest BCUT2D eigenvalue weighted by Gasteiger charge is 2.52. The largest absolute Gasteiger partial charge is 0.340 e. The molecule has 0 N–H and O–H groups in total. The van der Waals surface area contributed by atoms with Crippen molar-refractivity contribution >= 4 is 11.8 Å². The molecule has 1 aromatic heterocycles. The van der Waals surface area contributed by atoms with Gasteiger partial charge in [-0.15, -0.1) is 0 Å². The summed E-state index contributed by atoms with van der Waals surface area (Å²) in [6.07, 6.45) is 6.15. The minimum Gasteiger partial charge on any atom is -0.340 e. The Hall–Kier alpha value is -2.76. The van der Waals surface area contributed by atoms with Gasteiger partial charge in [0, 0.05) is 25.8 Å². The predicted octanol–water partition coefficient (Wildman–Crippen LogP) is 3.06. The Morgan fingerprint density at radius 1 is 1.11 bits per heavy atom. The molecule has 1 unspecified atom stereocenters. The fourth-order valence-electron chi connectivity index (χ4n) is 4.54. The lowest BCUT2D eigenvalue weighted by Crippen LogP contribution is -2.61. The van der Waals surface area contributed by atoms with E-state index in [0.29, 0.717) is 32.5 Å². The van der Waals surface area contributed by atoms with Crippen molar-refractivity contribution < 1.29 is 14.0 Å². The third-order valence-electron chi connectivity index (χ3n) is 5.95. The van der Waals surface area contributed by atoms with Crippen molar-refractivity contribution in [1.29, 1.82) is 0 Å². The van der Waals surface area contributed by atoms with Crippen LogP contribution in [0.25, 0.3) is 0 Å². The zero-order valence-electron chi connectivity index (χ0n) is 15.8. The first-order chi connectivity index (χ1) is 13.6. The van der Waals surface area contributed by atoms with Gasteiger partial charge in [-0.25, -0.2) is 4.39 Å². The Morgan fingerprint density at radius 2 is 1.86 bits per heavy atom. The quantitative estimate of drug-likeness (QED) is 0.818. The lowest BCUT2D eigenvalue weighted by molar-refractivity contribution is -0.145. The Kier molecular flexibility index (Phi) is 5.11. The van der Waals surface area contributed by atoms with Crippen molar-refractivity contribution in [1.82, 2.24) is 14.8 Å². The Labute approximate surface area is 164 Å². The fourth-order valence-corrected chi connectivity index (χ4v) is 4.54. The smallest absolute Gasteiger partial charge is 0.257 e. The highest BCUT2D eigenvalue weighted by molar-refractivity contribution is 6.00. The van der Waals surface area contributed by atoms with E-state index in [1.165, 1.54) is 17.8 Å². The van der Waals surface area contributed by atoms with Crippen LogP contribution in [0.15, 0.2) is 48.8 Å². The summed E-state index contributed by atoms with van der Waals surface area (Å²) in [6, 6.07) is 11.5. The molecular weight excluding hydrogens is 357 g/mol. The molecule has 1 atom stereocenters. The van der Waals surface area contributed by atoms with Gasteiger partial charge in [0.15, 0.2) is 5.82 Å². The molecule has 2 saturated heterocycles. The molecular formula is C22H24FN3O2. The normalized spacial score (nSPS) is 22.1. The zero-order chi connectivity index (χ0) is 19.6. The van der Waals surface area contributed by atoms with Gasteiger partial charge in [0.25, 0.3) is 5.91 Å². The minimum absolute atomic E-state index is 0.00881. The van der Waals surface area contributed by atoms with Gasteiger partial charge in [-0.2, -0.15) is 0 Å². The molecule has 2 aliphatic heterocycles. The van der Waals surface area contributed by atoms with Crippen LogP contribution < -0.4 is 0 Å². The third-order valence-corrected chi connectivity index (χ3v) is 5.95. The van der Waals surface area contributed by atoms with Crippen LogP contribution in [0.4, 0.5) is 4.39 Å². The third kappa shape index (κ3) is 3.28. The van der Waals surface area contributed by atoms with Crippen molar-refractivity contribution in [3.05, 3.63) is 65.7 Å². The van der Waals surface area contributed by atoms with Gasteiger partial charge in [-0.05, 0) is 43.7 Å². The number of carbonyl (C=O) groups excluding carboxylic acids is 2. The van der Waals surface area contributed by atoms with Crippen LogP contribution in [-0.4, -0.2) is 51.8 Å². The minimum atomic E-state index is -0.832. The number of halogens is 1. The van der Waals surface area contributed by atoms with Crippen molar-refractivity contribution in [2.75, 3.05) is 19.6 Å². The average molecular weight is 381 g/mol. The Balaban J connectivity index is 1.54. The second kappa shape index (κ2) is 7.70. The number of piperidine rings is 1. The summed E-state index contributed by atoms with van der Waals surface area (Å²) in [6.45, 7) is 1.83. The molecule has 1 aromatic carbocycles. The van der Waals surface area contributed by atoms with Gasteiger partial charge < -0.3 is 9.80 Å². The number of hydrogen-bond donors (Lipinski definition) is 0. The fraction of sp³-hybridized carbons (Fsp3) is 0.409. The van der Waals surface area contributed by atoms with E-state index >= 15 is 0 Å². The first-order valence-corrected chi connectivity index (χ1v) is 9.87. The number of benzene rings is 1. The molecule has 0 bridgehead atoms. The standard InChI is InChI=1S/C22H24FN3O2/c23-19-16-24-12-8-18(19)20(27)26-14-5-11-22(26)10-4-13-25(21(22)28)15-9-17-6-2-1-3-7-17/h1-3,6-8,12,16H,4-5,9-11,13-15H2. The van der Waals surface area contributed by atoms with Gasteiger partial charge in [0.1, 0.15) is 5.54 Å². The summed E-state index contributed by atoms with van der Waals surface area (Å²) in [4.78, 5) is 33.7. The zero-order valence-corrected chi connectivity index (χ0v) is 15.8. The van der Waals surface area contributed by atoms with Crippen LogP contribution >= 0.6 is 0 Å². The average Bonchev–Trinajstić information content (AvgIpc) is 3.14. The molecule has 146 valence electrons. The number of nitrogens with zero attached hydrogens (tertiary/aromatic N) is 3. The van der Waals surface area contributed by atoms with E-state index in [9.17, 15) is 14.0 Å². The Morgan fingerprint density at radius 3 is 2.61 bits per heavy atom. The van der Waals surface area contributed by atoms with Gasteiger partial charge >= 0.3 is 0 Å². The van der Waals surface area contributed by atoms with Crippen LogP contribution in [0, 0.1) is 5.82 Å². The maximum absolute atomic E-state index is 14.1. The van der Waals surface area contributed by atoms with Crippen molar-refractivity contribution in [2.24, 2.45) is 0 Å². The maximum atomic E-state index is 14.1. The molecule has 0 aliphatic carbocycles. The van der Waals surface area contributed by atoms with Gasteiger partial charge in [-0.3, -0.25) is 14.6 Å². The molecule has 5 nitrogen and oxygen atoms in total. The number of carbonyl (C=O) groups is 2. The van der Waals surface area contributed by atoms with Crippen LogP contribution in [0.3, 0.4) is 0 Å². The van der Waals surface area contributed by atoms with Crippen molar-refractivity contribution in [3.63, 3.8) is 0 Å². The summed E-state index contributed by atoms with van der Waals surface area (Å²) in [5.41, 5.74) is 0.348. The molecule has 2 aliphatic rings. The van der Waals surface area contributed by atoms with E-state index in [0.717, 1.165) is 25.5 Å². The van der Waals surface area contributed by atoms with Crippen LogP contribution in [0.1, 0.15) is 41.6 Å². The summed E-state index contributed by atoms with van der Waals surface area (Å²) in [7, 11) is 0. The number of hydrogen-bond acceptors (Lipinski definition) is 3. The number of rotatable bonds is 4. The van der Waals surface area contributed by atoms with Gasteiger partial charge in [0.2, 0.25) is 5.91 Å². The second-order valence-electron chi connectivity index (χ2n) is 7.58. The molecule has 2 fully saturated rings. The van der Waals surface area contributed by atoms with E-state index in [-0.39, 0.29) is 11.5 Å². The summed E-state index contributed by atoms with van der Waals surface area (Å²) < 4.78 is 14.1. The molecule has 0 saturated carbocycles. The van der Waals surface area contributed by atoms with E-state index in [1.807, 2.05) is 23.1 Å². The van der Waals surface area contributed by atoms with Crippen LogP contribution in [0.5, 0.6) is 0 Å². The molecule has 2 aromatic rings. The number of pyridine rings is 1. The highest BCUT2D eigenvalue weighted by Crippen LogP contribution is 2.39. The molecule has 1 spiro atoms. The topological polar surface area (TPSA) is 53.5 Å². The Bertz CT molecular complexity index is 873. The monoisotopic (exact) mass is 381 g/mol. The number of aromatic nitrogens is 1. The van der Waals surface area contributed by atoms with Crippen LogP contribution in [-0.2, 0) is 11.2 Å². The number of amides is 2. The summed E-state index contributed by atoms with van der Waals surface area (Å²) >= 11 is 0. The molecule has 28 heavy (non-hydrogen) atoms. The van der Waals surface area contributed by atoms with E-state index in [1.54, 1.807) is 4.90 Å². The van der Waals surface area contributed by atoms with E-state index in [4.69, 9.17) is 0 Å². The maximum Gasteiger partial charge on any atom is 0.257 e. The van der Waals surface area contributed by atoms with Crippen molar-refractivity contribution in [2.45, 2.75) is 37.6 Å². The molecule has 2 amide bonds. The van der Waals surface area contributed by atoms with Gasteiger partial charge in [-0.1, -0.05) is 30.3 Å². The molecule has 0 radical (unpaired) electrons. The summed E-state index contributed by atoms with van der Waals surface area (Å²) in [5.74, 6) is -1.04. The van der Waals surface area contributed by atoms with Crippen molar-refractivity contribution in [3.8, 4) is 0 Å². The van der Waals surface area contributed by atoms with Gasteiger partial charge in [0.05, 0.1) is 11.8 Å². The number of likely N-dealkylation sites (tertiary alicyclic amines) is 2. The lowest BCUT2D eigenvalue weighted by Gasteiger charge is -2.44. The molecule has 4 rings (SSSR count). The summed E-state index contributed by atoms with van der Waals surface area (Å²) in [5, 5.41) is 0. The lowest BCUT2D eigenvalue weighted by atomic mass is 9.84.